The molecule has 1 heterocycles. The fraction of sp³-hybridized carbons (Fsp3) is 0.320. The number of hydrogen-bond acceptors (Lipinski definition) is 4. The van der Waals surface area contributed by atoms with Crippen LogP contribution in [0.4, 0.5) is 11.4 Å². The Morgan fingerprint density at radius 1 is 0.967 bits per heavy atom. The molecule has 1 amide bonds. The van der Waals surface area contributed by atoms with Crippen molar-refractivity contribution in [1.29, 1.82) is 0 Å². The molecular formula is C25H29N3O2. The number of carbonyl (C=O) groups is 1. The number of rotatable bonds is 6. The number of nitrogens with zero attached hydrogens (tertiary/aromatic N) is 2. The number of hydrogen-bond donors (Lipinski definition) is 1. The molecule has 1 unspecified atom stereocenters. The van der Waals surface area contributed by atoms with Crippen LogP contribution >= 0.6 is 0 Å². The second-order valence-electron chi connectivity index (χ2n) is 7.65. The van der Waals surface area contributed by atoms with Gasteiger partial charge in [-0.15, -0.1) is 0 Å². The van der Waals surface area contributed by atoms with E-state index in [2.05, 4.69) is 33.3 Å². The molecule has 1 N–H and O–H groups in total. The zero-order chi connectivity index (χ0) is 20.9. The third-order valence-electron chi connectivity index (χ3n) is 5.76. The molecule has 5 heteroatoms. The van der Waals surface area contributed by atoms with Gasteiger partial charge in [0.2, 0.25) is 5.91 Å². The highest BCUT2D eigenvalue weighted by atomic mass is 16.5. The molecule has 5 nitrogen and oxygen atoms in total. The van der Waals surface area contributed by atoms with Crippen LogP contribution in [-0.2, 0) is 4.79 Å². The third-order valence-corrected chi connectivity index (χ3v) is 5.76. The normalized spacial score (nSPS) is 15.7. The van der Waals surface area contributed by atoms with Crippen LogP contribution in [0.5, 0.6) is 5.75 Å². The van der Waals surface area contributed by atoms with E-state index in [0.29, 0.717) is 6.61 Å². The Hall–Kier alpha value is -3.05. The van der Waals surface area contributed by atoms with E-state index in [1.54, 1.807) is 0 Å². The number of ether oxygens (including phenoxy) is 1. The molecule has 1 aliphatic rings. The summed E-state index contributed by atoms with van der Waals surface area (Å²) in [5, 5.41) is 5.39. The van der Waals surface area contributed by atoms with Crippen molar-refractivity contribution in [2.24, 2.45) is 0 Å². The Labute approximate surface area is 178 Å². The van der Waals surface area contributed by atoms with Gasteiger partial charge in [0.25, 0.3) is 0 Å². The van der Waals surface area contributed by atoms with Gasteiger partial charge in [-0.3, -0.25) is 9.69 Å². The molecule has 156 valence electrons. The van der Waals surface area contributed by atoms with Crippen molar-refractivity contribution in [3.8, 4) is 5.75 Å². The first kappa shape index (κ1) is 20.2. The number of benzene rings is 3. The van der Waals surface area contributed by atoms with E-state index in [9.17, 15) is 4.79 Å². The van der Waals surface area contributed by atoms with Gasteiger partial charge in [-0.25, -0.2) is 0 Å². The van der Waals surface area contributed by atoms with Gasteiger partial charge >= 0.3 is 0 Å². The molecule has 3 aromatic carbocycles. The standard InChI is InChI=1S/C25H29N3O2/c1-3-30-24-11-7-6-10-23(24)28-16-14-27(15-17-28)19(2)25(29)26-22-13-12-20-8-4-5-9-21(20)18-22/h4-13,18-19H,3,14-17H2,1-2H3,(H,26,29). The van der Waals surface area contributed by atoms with Crippen molar-refractivity contribution in [3.63, 3.8) is 0 Å². The lowest BCUT2D eigenvalue weighted by Gasteiger charge is -2.39. The summed E-state index contributed by atoms with van der Waals surface area (Å²) in [6, 6.07) is 22.2. The van der Waals surface area contributed by atoms with Crippen LogP contribution in [0.1, 0.15) is 13.8 Å². The van der Waals surface area contributed by atoms with E-state index in [4.69, 9.17) is 4.74 Å². The molecule has 1 fully saturated rings. The summed E-state index contributed by atoms with van der Waals surface area (Å²) >= 11 is 0. The number of anilines is 2. The molecule has 0 radical (unpaired) electrons. The fourth-order valence-corrected chi connectivity index (χ4v) is 4.03. The zero-order valence-electron chi connectivity index (χ0n) is 17.7. The number of para-hydroxylation sites is 2. The second kappa shape index (κ2) is 9.18. The first-order chi connectivity index (χ1) is 14.7. The van der Waals surface area contributed by atoms with Crippen molar-refractivity contribution in [2.75, 3.05) is 43.0 Å². The van der Waals surface area contributed by atoms with Crippen LogP contribution in [-0.4, -0.2) is 49.6 Å². The Bertz CT molecular complexity index is 1010. The van der Waals surface area contributed by atoms with E-state index in [0.717, 1.165) is 48.7 Å². The predicted octanol–water partition coefficient (Wildman–Crippen LogP) is 4.39. The molecule has 0 saturated carbocycles. The predicted molar refractivity (Wildman–Crippen MR) is 123 cm³/mol. The van der Waals surface area contributed by atoms with Gasteiger partial charge in [-0.1, -0.05) is 42.5 Å². The summed E-state index contributed by atoms with van der Waals surface area (Å²) in [4.78, 5) is 17.4. The van der Waals surface area contributed by atoms with Crippen LogP contribution in [0.2, 0.25) is 0 Å². The lowest BCUT2D eigenvalue weighted by molar-refractivity contribution is -0.120. The average Bonchev–Trinajstić information content (AvgIpc) is 2.79. The van der Waals surface area contributed by atoms with E-state index >= 15 is 0 Å². The Morgan fingerprint density at radius 3 is 2.43 bits per heavy atom. The molecule has 1 atom stereocenters. The Morgan fingerprint density at radius 2 is 1.67 bits per heavy atom. The molecule has 30 heavy (non-hydrogen) atoms. The van der Waals surface area contributed by atoms with Gasteiger partial charge in [0.05, 0.1) is 18.3 Å². The molecule has 0 spiro atoms. The van der Waals surface area contributed by atoms with Crippen molar-refractivity contribution in [1.82, 2.24) is 4.90 Å². The molecule has 0 aliphatic carbocycles. The summed E-state index contributed by atoms with van der Waals surface area (Å²) < 4.78 is 5.78. The third kappa shape index (κ3) is 4.41. The maximum atomic E-state index is 12.9. The van der Waals surface area contributed by atoms with Gasteiger partial charge in [-0.05, 0) is 48.9 Å². The van der Waals surface area contributed by atoms with Crippen molar-refractivity contribution in [2.45, 2.75) is 19.9 Å². The quantitative estimate of drug-likeness (QED) is 0.663. The lowest BCUT2D eigenvalue weighted by atomic mass is 10.1. The lowest BCUT2D eigenvalue weighted by Crippen LogP contribution is -2.52. The van der Waals surface area contributed by atoms with Gasteiger partial charge in [0, 0.05) is 31.9 Å². The van der Waals surface area contributed by atoms with Gasteiger partial charge < -0.3 is 15.0 Å². The highest BCUT2D eigenvalue weighted by molar-refractivity contribution is 5.97. The fourth-order valence-electron chi connectivity index (χ4n) is 4.03. The van der Waals surface area contributed by atoms with E-state index < -0.39 is 0 Å². The molecule has 3 aromatic rings. The van der Waals surface area contributed by atoms with Gasteiger partial charge in [-0.2, -0.15) is 0 Å². The zero-order valence-corrected chi connectivity index (χ0v) is 17.7. The van der Waals surface area contributed by atoms with Crippen LogP contribution in [0, 0.1) is 0 Å². The minimum absolute atomic E-state index is 0.0356. The number of amides is 1. The monoisotopic (exact) mass is 403 g/mol. The van der Waals surface area contributed by atoms with Gasteiger partial charge in [0.15, 0.2) is 0 Å². The van der Waals surface area contributed by atoms with Crippen molar-refractivity contribution >= 4 is 28.1 Å². The topological polar surface area (TPSA) is 44.8 Å². The number of piperazine rings is 1. The SMILES string of the molecule is CCOc1ccccc1N1CCN(C(C)C(=O)Nc2ccc3ccccc3c2)CC1. The first-order valence-corrected chi connectivity index (χ1v) is 10.7. The first-order valence-electron chi connectivity index (χ1n) is 10.7. The van der Waals surface area contributed by atoms with Crippen molar-refractivity contribution < 1.29 is 9.53 Å². The van der Waals surface area contributed by atoms with Crippen LogP contribution < -0.4 is 15.0 Å². The Kier molecular flexibility index (Phi) is 6.19. The summed E-state index contributed by atoms with van der Waals surface area (Å²) in [5.41, 5.74) is 1.97. The summed E-state index contributed by atoms with van der Waals surface area (Å²) in [5.74, 6) is 0.962. The van der Waals surface area contributed by atoms with Crippen LogP contribution in [0.25, 0.3) is 10.8 Å². The van der Waals surface area contributed by atoms with E-state index in [1.807, 2.05) is 62.4 Å². The smallest absolute Gasteiger partial charge is 0.241 e. The van der Waals surface area contributed by atoms with Crippen LogP contribution in [0.15, 0.2) is 66.7 Å². The van der Waals surface area contributed by atoms with E-state index in [-0.39, 0.29) is 11.9 Å². The minimum Gasteiger partial charge on any atom is -0.492 e. The summed E-state index contributed by atoms with van der Waals surface area (Å²) in [6.07, 6.45) is 0. The highest BCUT2D eigenvalue weighted by Gasteiger charge is 2.26. The number of fused-ring (bicyclic) bond motifs is 1. The van der Waals surface area contributed by atoms with Crippen LogP contribution in [0.3, 0.4) is 0 Å². The summed E-state index contributed by atoms with van der Waals surface area (Å²) in [7, 11) is 0. The average molecular weight is 404 g/mol. The van der Waals surface area contributed by atoms with Crippen molar-refractivity contribution in [3.05, 3.63) is 66.7 Å². The highest BCUT2D eigenvalue weighted by Crippen LogP contribution is 2.29. The number of nitrogens with one attached hydrogen (secondary N) is 1. The van der Waals surface area contributed by atoms with Gasteiger partial charge in [0.1, 0.15) is 5.75 Å². The molecule has 4 rings (SSSR count). The molecule has 0 bridgehead atoms. The Balaban J connectivity index is 1.36. The summed E-state index contributed by atoms with van der Waals surface area (Å²) in [6.45, 7) is 8.07. The second-order valence-corrected chi connectivity index (χ2v) is 7.65. The maximum absolute atomic E-state index is 12.9. The molecular weight excluding hydrogens is 374 g/mol. The molecule has 0 aromatic heterocycles. The molecule has 1 saturated heterocycles. The largest absolute Gasteiger partial charge is 0.492 e. The maximum Gasteiger partial charge on any atom is 0.241 e. The number of carbonyl (C=O) groups excluding carboxylic acids is 1. The van der Waals surface area contributed by atoms with E-state index in [1.165, 1.54) is 5.39 Å². The minimum atomic E-state index is -0.180. The molecule has 1 aliphatic heterocycles.